The third-order valence-corrected chi connectivity index (χ3v) is 10.5. The van der Waals surface area contributed by atoms with Gasteiger partial charge in [0.15, 0.2) is 0 Å². The zero-order valence-electron chi connectivity index (χ0n) is 35.2. The average molecular weight is 798 g/mol. The van der Waals surface area contributed by atoms with Gasteiger partial charge in [0.1, 0.15) is 24.2 Å². The van der Waals surface area contributed by atoms with Crippen molar-refractivity contribution in [2.24, 2.45) is 28.5 Å². The summed E-state index contributed by atoms with van der Waals surface area (Å²) in [6.45, 7) is 13.2. The van der Waals surface area contributed by atoms with Crippen molar-refractivity contribution in [3.63, 3.8) is 0 Å². The first-order chi connectivity index (χ1) is 27.1. The Bertz CT molecular complexity index is 1590. The molecule has 6 atom stereocenters. The molecule has 4 amide bonds. The number of nitrogens with two attached hydrogens (primary N) is 3. The van der Waals surface area contributed by atoms with Crippen molar-refractivity contribution in [3.8, 4) is 0 Å². The predicted octanol–water partition coefficient (Wildman–Crippen LogP) is 2.35. The van der Waals surface area contributed by atoms with Crippen molar-refractivity contribution in [1.82, 2.24) is 31.2 Å². The summed E-state index contributed by atoms with van der Waals surface area (Å²) < 4.78 is 5.25. The summed E-state index contributed by atoms with van der Waals surface area (Å²) in [5.74, 6) is -2.19. The molecule has 0 unspecified atom stereocenters. The molecule has 0 saturated carbocycles. The number of rotatable bonds is 24. The monoisotopic (exact) mass is 798 g/mol. The summed E-state index contributed by atoms with van der Waals surface area (Å²) in [6.07, 6.45) is 7.96. The number of aromatic nitrogens is 1. The summed E-state index contributed by atoms with van der Waals surface area (Å²) in [6, 6.07) is 3.12. The number of hydrogen-bond acceptors (Lipinski definition) is 10. The molecular formula is C42H71N9O6. The van der Waals surface area contributed by atoms with Crippen LogP contribution in [-0.4, -0.2) is 109 Å². The summed E-state index contributed by atoms with van der Waals surface area (Å²) in [5.41, 5.74) is 18.7. The van der Waals surface area contributed by atoms with Gasteiger partial charge in [0, 0.05) is 42.7 Å². The van der Waals surface area contributed by atoms with Crippen molar-refractivity contribution in [2.45, 2.75) is 142 Å². The zero-order valence-corrected chi connectivity index (χ0v) is 35.2. The zero-order chi connectivity index (χ0) is 42.1. The molecule has 0 bridgehead atoms. The number of nitrogens with zero attached hydrogens (tertiary/aromatic N) is 1. The highest BCUT2D eigenvalue weighted by molar-refractivity contribution is 5.96. The Balaban J connectivity index is 1.88. The second kappa shape index (κ2) is 23.4. The van der Waals surface area contributed by atoms with Crippen LogP contribution in [0.3, 0.4) is 0 Å². The van der Waals surface area contributed by atoms with Gasteiger partial charge in [-0.3, -0.25) is 19.2 Å². The van der Waals surface area contributed by atoms with E-state index in [-0.39, 0.29) is 30.9 Å². The second-order valence-corrected chi connectivity index (χ2v) is 16.9. The van der Waals surface area contributed by atoms with Gasteiger partial charge in [-0.15, -0.1) is 0 Å². The quantitative estimate of drug-likeness (QED) is 0.0570. The lowest BCUT2D eigenvalue weighted by molar-refractivity contribution is -0.148. The van der Waals surface area contributed by atoms with E-state index in [1.807, 2.05) is 65.1 Å². The normalized spacial score (nSPS) is 17.2. The van der Waals surface area contributed by atoms with E-state index in [0.717, 1.165) is 48.6 Å². The Kier molecular flexibility index (Phi) is 19.4. The summed E-state index contributed by atoms with van der Waals surface area (Å²) in [4.78, 5) is 74.4. The number of ether oxygens (including phenoxy) is 1. The third-order valence-electron chi connectivity index (χ3n) is 10.5. The first-order valence-electron chi connectivity index (χ1n) is 20.9. The van der Waals surface area contributed by atoms with Crippen LogP contribution in [0.25, 0.3) is 10.9 Å². The van der Waals surface area contributed by atoms with Crippen LogP contribution in [0.1, 0.15) is 105 Å². The molecule has 1 aromatic carbocycles. The van der Waals surface area contributed by atoms with Gasteiger partial charge in [-0.1, -0.05) is 65.7 Å². The summed E-state index contributed by atoms with van der Waals surface area (Å²) in [5, 5.41) is 13.0. The highest BCUT2D eigenvalue weighted by atomic mass is 16.5. The van der Waals surface area contributed by atoms with E-state index in [0.29, 0.717) is 51.9 Å². The molecule has 320 valence electrons. The van der Waals surface area contributed by atoms with Crippen LogP contribution >= 0.6 is 0 Å². The second-order valence-electron chi connectivity index (χ2n) is 16.9. The van der Waals surface area contributed by atoms with E-state index in [2.05, 4.69) is 26.3 Å². The van der Waals surface area contributed by atoms with Crippen LogP contribution in [-0.2, 0) is 35.1 Å². The Morgan fingerprint density at radius 2 is 1.60 bits per heavy atom. The van der Waals surface area contributed by atoms with Crippen LogP contribution in [0.15, 0.2) is 30.5 Å². The number of hydrogen-bond donors (Lipinski definition) is 8. The first kappa shape index (κ1) is 47.3. The van der Waals surface area contributed by atoms with Gasteiger partial charge in [0.25, 0.3) is 0 Å². The van der Waals surface area contributed by atoms with Gasteiger partial charge >= 0.3 is 5.97 Å². The number of aromatic amines is 1. The highest BCUT2D eigenvalue weighted by Crippen LogP contribution is 2.24. The van der Waals surface area contributed by atoms with Crippen molar-refractivity contribution >= 4 is 40.5 Å². The minimum absolute atomic E-state index is 0.0845. The summed E-state index contributed by atoms with van der Waals surface area (Å²) in [7, 11) is 0. The maximum Gasteiger partial charge on any atom is 0.328 e. The molecule has 2 aromatic rings. The van der Waals surface area contributed by atoms with E-state index in [1.165, 1.54) is 0 Å². The van der Waals surface area contributed by atoms with Gasteiger partial charge in [0.05, 0.1) is 12.6 Å². The molecule has 15 nitrogen and oxygen atoms in total. The number of unbranched alkanes of at least 4 members (excludes halogenated alkanes) is 2. The van der Waals surface area contributed by atoms with Gasteiger partial charge in [-0.2, -0.15) is 0 Å². The maximum absolute atomic E-state index is 14.4. The molecule has 1 saturated heterocycles. The fraction of sp³-hybridized carbons (Fsp3) is 0.690. The number of H-pyrrole nitrogens is 1. The van der Waals surface area contributed by atoms with E-state index >= 15 is 0 Å². The number of benzene rings is 1. The average Bonchev–Trinajstić information content (AvgIpc) is 3.82. The Labute approximate surface area is 339 Å². The van der Waals surface area contributed by atoms with E-state index in [1.54, 1.807) is 11.8 Å². The SMILES string of the molecule is CCOC(=O)[C@H](CC(C)C)NC(=O)[C@@H](NC(=O)[C@H](Cc1c[nH]c2ccccc12)NC(=O)[C@H]1CCCN1C(=O)[C@H](CCCCN)NC[C@@H](N)CCCCN)C(C)(C)C. The molecule has 57 heavy (non-hydrogen) atoms. The van der Waals surface area contributed by atoms with E-state index in [4.69, 9.17) is 21.9 Å². The standard InChI is InChI=1S/C42H71N9O6/c1-7-57-41(56)34(23-27(2)3)49-39(54)36(42(4,5)6)50-37(52)33(24-28-25-46-31-17-9-8-16-30(28)31)48-38(53)35-19-14-22-51(35)40(55)32(18-11-13-21-44)47-26-29(45)15-10-12-20-43/h8-9,16-17,25,27,29,32-36,46-47H,7,10-15,18-24,26,43-45H2,1-6H3,(H,48,53)(H,49,54)(H,50,52)/t29-,32-,33-,34-,35+,36+/m0/s1. The van der Waals surface area contributed by atoms with Crippen molar-refractivity contribution in [1.29, 1.82) is 0 Å². The highest BCUT2D eigenvalue weighted by Gasteiger charge is 2.40. The van der Waals surface area contributed by atoms with Crippen LogP contribution < -0.4 is 38.5 Å². The van der Waals surface area contributed by atoms with Crippen LogP contribution in [0, 0.1) is 11.3 Å². The molecule has 0 spiro atoms. The number of likely N-dealkylation sites (tertiary alicyclic amines) is 1. The number of para-hydroxylation sites is 1. The van der Waals surface area contributed by atoms with Gasteiger partial charge < -0.3 is 53.1 Å². The minimum Gasteiger partial charge on any atom is -0.464 e. The van der Waals surface area contributed by atoms with Crippen LogP contribution in [0.4, 0.5) is 0 Å². The number of amides is 4. The van der Waals surface area contributed by atoms with Crippen LogP contribution in [0.2, 0.25) is 0 Å². The molecule has 3 rings (SSSR count). The predicted molar refractivity (Wildman–Crippen MR) is 224 cm³/mol. The van der Waals surface area contributed by atoms with Crippen LogP contribution in [0.5, 0.6) is 0 Å². The smallest absolute Gasteiger partial charge is 0.328 e. The first-order valence-corrected chi connectivity index (χ1v) is 20.9. The molecule has 11 N–H and O–H groups in total. The fourth-order valence-corrected chi connectivity index (χ4v) is 7.35. The fourth-order valence-electron chi connectivity index (χ4n) is 7.35. The van der Waals surface area contributed by atoms with Crippen molar-refractivity contribution < 1.29 is 28.7 Å². The molecule has 0 aliphatic carbocycles. The molecule has 0 radical (unpaired) electrons. The maximum atomic E-state index is 14.4. The summed E-state index contributed by atoms with van der Waals surface area (Å²) >= 11 is 0. The molecule has 1 aromatic heterocycles. The number of carbonyl (C=O) groups excluding carboxylic acids is 5. The van der Waals surface area contributed by atoms with Crippen molar-refractivity contribution in [2.75, 3.05) is 32.8 Å². The Hall–Kier alpha value is -4.05. The number of nitrogens with one attached hydrogen (secondary N) is 5. The third kappa shape index (κ3) is 14.7. The lowest BCUT2D eigenvalue weighted by Crippen LogP contribution is -2.61. The minimum atomic E-state index is -1.10. The number of carbonyl (C=O) groups is 5. The van der Waals surface area contributed by atoms with Gasteiger partial charge in [-0.05, 0) is 87.9 Å². The molecule has 1 aliphatic rings. The molecule has 15 heteroatoms. The molecule has 1 aliphatic heterocycles. The van der Waals surface area contributed by atoms with Gasteiger partial charge in [0.2, 0.25) is 23.6 Å². The number of fused-ring (bicyclic) bond motifs is 1. The topological polar surface area (TPSA) is 240 Å². The Morgan fingerprint density at radius 1 is 0.912 bits per heavy atom. The Morgan fingerprint density at radius 3 is 2.25 bits per heavy atom. The van der Waals surface area contributed by atoms with E-state index < -0.39 is 59.3 Å². The lowest BCUT2D eigenvalue weighted by Gasteiger charge is -2.34. The van der Waals surface area contributed by atoms with E-state index in [9.17, 15) is 24.0 Å². The largest absolute Gasteiger partial charge is 0.464 e. The van der Waals surface area contributed by atoms with Gasteiger partial charge in [-0.25, -0.2) is 4.79 Å². The van der Waals surface area contributed by atoms with Crippen molar-refractivity contribution in [3.05, 3.63) is 36.0 Å². The lowest BCUT2D eigenvalue weighted by atomic mass is 9.85. The molecule has 2 heterocycles. The molecule has 1 fully saturated rings. The number of esters is 1. The molecular weight excluding hydrogens is 727 g/mol.